The van der Waals surface area contributed by atoms with Crippen molar-refractivity contribution < 1.29 is 45.4 Å². The highest BCUT2D eigenvalue weighted by Gasteiger charge is 2.42. The zero-order chi connectivity index (χ0) is 40.8. The van der Waals surface area contributed by atoms with Gasteiger partial charge in [0.05, 0.1) is 23.4 Å². The van der Waals surface area contributed by atoms with E-state index in [2.05, 4.69) is 15.0 Å². The number of ether oxygens (including phenoxy) is 3. The average molecular weight is 816 g/mol. The van der Waals surface area contributed by atoms with Gasteiger partial charge >= 0.3 is 12.5 Å². The second-order valence-electron chi connectivity index (χ2n) is 16.0. The van der Waals surface area contributed by atoms with Gasteiger partial charge in [0.15, 0.2) is 0 Å². The highest BCUT2D eigenvalue weighted by atomic mass is 32.2. The number of piperazine rings is 1. The van der Waals surface area contributed by atoms with Gasteiger partial charge in [-0.25, -0.2) is 13.2 Å². The van der Waals surface area contributed by atoms with Crippen LogP contribution in [-0.4, -0.2) is 103 Å². The summed E-state index contributed by atoms with van der Waals surface area (Å²) in [4.78, 5) is 34.6. The monoisotopic (exact) mass is 815 g/mol. The van der Waals surface area contributed by atoms with E-state index in [1.165, 1.54) is 35.7 Å². The van der Waals surface area contributed by atoms with Crippen LogP contribution in [0.15, 0.2) is 71.8 Å². The molecule has 3 heterocycles. The van der Waals surface area contributed by atoms with Crippen LogP contribution in [0.25, 0.3) is 11.3 Å². The largest absolute Gasteiger partial charge is 0.573 e. The third kappa shape index (κ3) is 11.8. The van der Waals surface area contributed by atoms with Gasteiger partial charge in [-0.3, -0.25) is 14.7 Å². The molecule has 3 aromatic rings. The Morgan fingerprint density at radius 1 is 0.842 bits per heavy atom. The van der Waals surface area contributed by atoms with Crippen LogP contribution in [0.5, 0.6) is 11.5 Å². The molecule has 310 valence electrons. The number of nitrogens with one attached hydrogen (secondary N) is 1. The Bertz CT molecular complexity index is 1910. The number of benzene rings is 2. The minimum Gasteiger partial charge on any atom is -0.493 e. The summed E-state index contributed by atoms with van der Waals surface area (Å²) in [6, 6.07) is 15.3. The molecule has 2 aliphatic heterocycles. The Hall–Kier alpha value is -4.41. The molecule has 16 heteroatoms. The number of piperidine rings is 1. The number of rotatable bonds is 11. The second kappa shape index (κ2) is 18.0. The molecule has 1 atom stereocenters. The highest BCUT2D eigenvalue weighted by molar-refractivity contribution is 7.89. The van der Waals surface area contributed by atoms with Crippen LogP contribution < -0.4 is 14.8 Å². The number of carbonyl (C=O) groups is 2. The molecule has 0 radical (unpaired) electrons. The first-order valence-electron chi connectivity index (χ1n) is 19.6. The van der Waals surface area contributed by atoms with Gasteiger partial charge in [0, 0.05) is 50.9 Å². The molecule has 1 aromatic heterocycles. The van der Waals surface area contributed by atoms with Crippen LogP contribution in [0, 0.1) is 5.92 Å². The summed E-state index contributed by atoms with van der Waals surface area (Å²) in [6.45, 7) is 7.69. The van der Waals surface area contributed by atoms with Crippen LogP contribution in [0.1, 0.15) is 71.3 Å². The fourth-order valence-corrected chi connectivity index (χ4v) is 9.14. The number of carbonyl (C=O) groups excluding carboxylic acids is 2. The van der Waals surface area contributed by atoms with Crippen molar-refractivity contribution >= 4 is 22.0 Å². The summed E-state index contributed by atoms with van der Waals surface area (Å²) < 4.78 is 82.9. The number of amides is 2. The highest BCUT2D eigenvalue weighted by Crippen LogP contribution is 2.29. The SMILES string of the molecule is CC(C)(C)OC(=O)NC1CCN(C(=O)[C@@H]2CN(Cc3ccc(-c4ccc(OC(F)(F)F)cn4)cc3)CCN2S(=O)(=O)c2ccc(OCC3CCCCC3)cc2)CC1. The average Bonchev–Trinajstić information content (AvgIpc) is 3.17. The predicted octanol–water partition coefficient (Wildman–Crippen LogP) is 7.00. The van der Waals surface area contributed by atoms with Gasteiger partial charge in [0.1, 0.15) is 23.1 Å². The van der Waals surface area contributed by atoms with E-state index in [-0.39, 0.29) is 29.9 Å². The lowest BCUT2D eigenvalue weighted by Crippen LogP contribution is -2.61. The van der Waals surface area contributed by atoms with Crippen molar-refractivity contribution in [2.45, 2.75) is 101 Å². The standard InChI is InChI=1S/C41H52F3N5O7S/c1-40(2,3)56-39(51)46-32-19-21-48(22-20-32)38(50)37-27-47(26-29-9-11-31(12-10-29)36-18-15-34(25-45-36)55-41(42,43)44)23-24-49(37)57(52,53)35-16-13-33(14-17-35)54-28-30-7-5-4-6-8-30/h9-18,25,30,32,37H,4-8,19-24,26-28H2,1-3H3,(H,46,51)/t37-/m0/s1. The molecule has 12 nitrogen and oxygen atoms in total. The van der Waals surface area contributed by atoms with E-state index < -0.39 is 39.9 Å². The number of hydrogen-bond donors (Lipinski definition) is 1. The lowest BCUT2D eigenvalue weighted by atomic mass is 9.90. The fourth-order valence-electron chi connectivity index (χ4n) is 7.58. The Kier molecular flexibility index (Phi) is 13.3. The van der Waals surface area contributed by atoms with Crippen molar-refractivity contribution in [2.24, 2.45) is 5.92 Å². The van der Waals surface area contributed by atoms with Crippen LogP contribution in [-0.2, 0) is 26.1 Å². The summed E-state index contributed by atoms with van der Waals surface area (Å²) in [5.74, 6) is 0.395. The lowest BCUT2D eigenvalue weighted by molar-refractivity contribution is -0.274. The number of aromatic nitrogens is 1. The third-order valence-electron chi connectivity index (χ3n) is 10.5. The maximum Gasteiger partial charge on any atom is 0.573 e. The molecule has 1 N–H and O–H groups in total. The van der Waals surface area contributed by atoms with Crippen LogP contribution in [0.2, 0.25) is 0 Å². The van der Waals surface area contributed by atoms with Crippen molar-refractivity contribution in [3.05, 3.63) is 72.4 Å². The van der Waals surface area contributed by atoms with Gasteiger partial charge in [-0.05, 0) is 94.3 Å². The fraction of sp³-hybridized carbons (Fsp3) is 0.537. The van der Waals surface area contributed by atoms with E-state index >= 15 is 0 Å². The lowest BCUT2D eigenvalue weighted by Gasteiger charge is -2.42. The molecule has 57 heavy (non-hydrogen) atoms. The van der Waals surface area contributed by atoms with Gasteiger partial charge < -0.3 is 24.4 Å². The molecule has 1 aliphatic carbocycles. The second-order valence-corrected chi connectivity index (χ2v) is 17.9. The molecule has 0 bridgehead atoms. The minimum atomic E-state index is -4.81. The van der Waals surface area contributed by atoms with Gasteiger partial charge in [-0.15, -0.1) is 13.2 Å². The van der Waals surface area contributed by atoms with Crippen LogP contribution in [0.3, 0.4) is 0 Å². The van der Waals surface area contributed by atoms with Gasteiger partial charge in [0.2, 0.25) is 15.9 Å². The molecule has 2 aromatic carbocycles. The number of likely N-dealkylation sites (tertiary alicyclic amines) is 1. The van der Waals surface area contributed by atoms with E-state index in [0.29, 0.717) is 68.6 Å². The molecular weight excluding hydrogens is 764 g/mol. The number of pyridine rings is 1. The van der Waals surface area contributed by atoms with Crippen molar-refractivity contribution in [1.82, 2.24) is 24.4 Å². The van der Waals surface area contributed by atoms with Crippen molar-refractivity contribution in [1.29, 1.82) is 0 Å². The van der Waals surface area contributed by atoms with E-state index in [0.717, 1.165) is 24.6 Å². The summed E-state index contributed by atoms with van der Waals surface area (Å²) in [6.07, 6.45) is 2.61. The number of hydrogen-bond acceptors (Lipinski definition) is 9. The van der Waals surface area contributed by atoms with E-state index in [1.807, 2.05) is 29.2 Å². The first-order valence-corrected chi connectivity index (χ1v) is 21.0. The Morgan fingerprint density at radius 3 is 2.12 bits per heavy atom. The summed E-state index contributed by atoms with van der Waals surface area (Å²) in [5, 5.41) is 2.89. The van der Waals surface area contributed by atoms with Crippen molar-refractivity contribution in [2.75, 3.05) is 39.3 Å². The molecule has 3 fully saturated rings. The molecular formula is C41H52F3N5O7S. The Morgan fingerprint density at radius 2 is 1.51 bits per heavy atom. The molecule has 0 spiro atoms. The Balaban J connectivity index is 1.14. The molecule has 6 rings (SSSR count). The topological polar surface area (TPSA) is 131 Å². The molecule has 2 amide bonds. The van der Waals surface area contributed by atoms with Crippen LogP contribution in [0.4, 0.5) is 18.0 Å². The predicted molar refractivity (Wildman–Crippen MR) is 207 cm³/mol. The van der Waals surface area contributed by atoms with Crippen molar-refractivity contribution in [3.8, 4) is 22.8 Å². The number of sulfonamides is 1. The van der Waals surface area contributed by atoms with Crippen LogP contribution >= 0.6 is 0 Å². The van der Waals surface area contributed by atoms with E-state index in [1.54, 1.807) is 49.9 Å². The molecule has 2 saturated heterocycles. The maximum absolute atomic E-state index is 14.3. The molecule has 3 aliphatic rings. The summed E-state index contributed by atoms with van der Waals surface area (Å²) in [5.41, 5.74) is 1.41. The first-order chi connectivity index (χ1) is 27.0. The minimum absolute atomic E-state index is 0.0845. The smallest absolute Gasteiger partial charge is 0.493 e. The van der Waals surface area contributed by atoms with Gasteiger partial charge in [-0.2, -0.15) is 4.31 Å². The first kappa shape index (κ1) is 42.2. The zero-order valence-corrected chi connectivity index (χ0v) is 33.5. The third-order valence-corrected chi connectivity index (χ3v) is 12.4. The number of nitrogens with zero attached hydrogens (tertiary/aromatic N) is 4. The molecule has 1 saturated carbocycles. The summed E-state index contributed by atoms with van der Waals surface area (Å²) >= 11 is 0. The summed E-state index contributed by atoms with van der Waals surface area (Å²) in [7, 11) is -4.09. The van der Waals surface area contributed by atoms with E-state index in [4.69, 9.17) is 9.47 Å². The Labute approximate surface area is 332 Å². The van der Waals surface area contributed by atoms with E-state index in [9.17, 15) is 31.2 Å². The van der Waals surface area contributed by atoms with Gasteiger partial charge in [0.25, 0.3) is 0 Å². The maximum atomic E-state index is 14.3. The number of halogens is 3. The van der Waals surface area contributed by atoms with Gasteiger partial charge in [-0.1, -0.05) is 43.5 Å². The normalized spacial score (nSPS) is 19.5. The van der Waals surface area contributed by atoms with Crippen molar-refractivity contribution in [3.63, 3.8) is 0 Å². The number of alkyl carbamates (subject to hydrolysis) is 1. The number of alkyl halides is 3. The quantitative estimate of drug-likeness (QED) is 0.218. The zero-order valence-electron chi connectivity index (χ0n) is 32.7. The molecule has 0 unspecified atom stereocenters.